The lowest BCUT2D eigenvalue weighted by Crippen LogP contribution is -2.33. The highest BCUT2D eigenvalue weighted by atomic mass is 19.2. The van der Waals surface area contributed by atoms with Gasteiger partial charge in [0, 0.05) is 18.6 Å². The van der Waals surface area contributed by atoms with E-state index in [1.807, 2.05) is 7.05 Å². The maximum absolute atomic E-state index is 13.0. The van der Waals surface area contributed by atoms with Gasteiger partial charge in [0.2, 0.25) is 0 Å². The minimum Gasteiger partial charge on any atom is -0.323 e. The lowest BCUT2D eigenvalue weighted by molar-refractivity contribution is 0.257. The van der Waals surface area contributed by atoms with Gasteiger partial charge >= 0.3 is 0 Å². The third-order valence-electron chi connectivity index (χ3n) is 2.74. The Morgan fingerprint density at radius 2 is 1.88 bits per heavy atom. The van der Waals surface area contributed by atoms with Gasteiger partial charge in [-0.3, -0.25) is 0 Å². The quantitative estimate of drug-likeness (QED) is 0.856. The van der Waals surface area contributed by atoms with Crippen LogP contribution in [0, 0.1) is 11.6 Å². The highest BCUT2D eigenvalue weighted by Crippen LogP contribution is 2.15. The Morgan fingerprint density at radius 1 is 1.25 bits per heavy atom. The summed E-state index contributed by atoms with van der Waals surface area (Å²) in [6.45, 7) is 4.72. The van der Waals surface area contributed by atoms with Crippen molar-refractivity contribution in [1.82, 2.24) is 4.90 Å². The summed E-state index contributed by atoms with van der Waals surface area (Å²) in [5, 5.41) is 0. The molecule has 4 heteroatoms. The summed E-state index contributed by atoms with van der Waals surface area (Å²) in [7, 11) is 1.95. The zero-order valence-electron chi connectivity index (χ0n) is 9.87. The fourth-order valence-corrected chi connectivity index (χ4v) is 1.37. The zero-order chi connectivity index (χ0) is 12.3. The molecule has 0 aliphatic rings. The van der Waals surface area contributed by atoms with Crippen LogP contribution in [-0.2, 0) is 0 Å². The fourth-order valence-electron chi connectivity index (χ4n) is 1.37. The molecule has 16 heavy (non-hydrogen) atoms. The van der Waals surface area contributed by atoms with Crippen molar-refractivity contribution < 1.29 is 8.78 Å². The first kappa shape index (κ1) is 13.1. The third-order valence-corrected chi connectivity index (χ3v) is 2.74. The van der Waals surface area contributed by atoms with Gasteiger partial charge in [-0.1, -0.05) is 6.07 Å². The normalized spacial score (nSPS) is 13.5. The summed E-state index contributed by atoms with van der Waals surface area (Å²) in [6.07, 6.45) is 0. The minimum absolute atomic E-state index is 0.303. The molecule has 0 aromatic heterocycles. The largest absolute Gasteiger partial charge is 0.323 e. The van der Waals surface area contributed by atoms with Crippen LogP contribution in [0.4, 0.5) is 8.78 Å². The van der Waals surface area contributed by atoms with Crippen LogP contribution in [-0.4, -0.2) is 24.5 Å². The number of likely N-dealkylation sites (N-methyl/N-ethyl adjacent to an activating group) is 1. The molecule has 1 unspecified atom stereocenters. The van der Waals surface area contributed by atoms with Gasteiger partial charge in [0.15, 0.2) is 11.6 Å². The molecule has 2 N–H and O–H groups in total. The van der Waals surface area contributed by atoms with Crippen LogP contribution in [0.5, 0.6) is 0 Å². The van der Waals surface area contributed by atoms with E-state index in [1.54, 1.807) is 0 Å². The molecule has 0 spiro atoms. The molecule has 0 heterocycles. The van der Waals surface area contributed by atoms with Crippen molar-refractivity contribution in [2.24, 2.45) is 5.73 Å². The maximum Gasteiger partial charge on any atom is 0.159 e. The van der Waals surface area contributed by atoms with Gasteiger partial charge in [-0.25, -0.2) is 8.78 Å². The van der Waals surface area contributed by atoms with Gasteiger partial charge in [-0.2, -0.15) is 0 Å². The maximum atomic E-state index is 13.0. The molecule has 2 nitrogen and oxygen atoms in total. The van der Waals surface area contributed by atoms with Crippen molar-refractivity contribution in [3.05, 3.63) is 35.4 Å². The monoisotopic (exact) mass is 228 g/mol. The Hall–Kier alpha value is -1.00. The zero-order valence-corrected chi connectivity index (χ0v) is 9.87. The number of benzene rings is 1. The SMILES string of the molecule is CC(C)N(C)CC(N)c1ccc(F)c(F)c1. The molecule has 1 aromatic rings. The summed E-state index contributed by atoms with van der Waals surface area (Å²) in [4.78, 5) is 2.06. The van der Waals surface area contributed by atoms with E-state index in [0.717, 1.165) is 12.1 Å². The number of rotatable bonds is 4. The second-order valence-corrected chi connectivity index (χ2v) is 4.31. The molecule has 1 atom stereocenters. The van der Waals surface area contributed by atoms with Crippen LogP contribution in [0.2, 0.25) is 0 Å². The summed E-state index contributed by atoms with van der Waals surface area (Å²) < 4.78 is 25.7. The lowest BCUT2D eigenvalue weighted by Gasteiger charge is -2.24. The van der Waals surface area contributed by atoms with Crippen molar-refractivity contribution >= 4 is 0 Å². The van der Waals surface area contributed by atoms with Crippen molar-refractivity contribution in [3.8, 4) is 0 Å². The number of nitrogens with zero attached hydrogens (tertiary/aromatic N) is 1. The molecular formula is C12H18F2N2. The van der Waals surface area contributed by atoms with E-state index in [1.165, 1.54) is 6.07 Å². The average molecular weight is 228 g/mol. The van der Waals surface area contributed by atoms with Gasteiger partial charge in [-0.05, 0) is 38.6 Å². The van der Waals surface area contributed by atoms with Crippen molar-refractivity contribution in [2.45, 2.75) is 25.9 Å². The highest BCUT2D eigenvalue weighted by Gasteiger charge is 2.13. The molecule has 0 saturated heterocycles. The molecule has 1 rings (SSSR count). The van der Waals surface area contributed by atoms with Crippen LogP contribution in [0.1, 0.15) is 25.5 Å². The smallest absolute Gasteiger partial charge is 0.159 e. The molecule has 0 bridgehead atoms. The van der Waals surface area contributed by atoms with Gasteiger partial charge in [0.1, 0.15) is 0 Å². The predicted molar refractivity (Wildman–Crippen MR) is 61.1 cm³/mol. The number of hydrogen-bond donors (Lipinski definition) is 1. The Morgan fingerprint density at radius 3 is 2.38 bits per heavy atom. The molecule has 0 amide bonds. The number of nitrogens with two attached hydrogens (primary N) is 1. The molecular weight excluding hydrogens is 210 g/mol. The standard InChI is InChI=1S/C12H18F2N2/c1-8(2)16(3)7-12(15)9-4-5-10(13)11(14)6-9/h4-6,8,12H,7,15H2,1-3H3. The van der Waals surface area contributed by atoms with Crippen molar-refractivity contribution in [1.29, 1.82) is 0 Å². The predicted octanol–water partition coefficient (Wildman–Crippen LogP) is 2.30. The molecule has 0 radical (unpaired) electrons. The van der Waals surface area contributed by atoms with E-state index in [2.05, 4.69) is 18.7 Å². The topological polar surface area (TPSA) is 29.3 Å². The first-order valence-electron chi connectivity index (χ1n) is 5.32. The van der Waals surface area contributed by atoms with Gasteiger partial charge in [0.05, 0.1) is 0 Å². The fraction of sp³-hybridized carbons (Fsp3) is 0.500. The second kappa shape index (κ2) is 5.37. The molecule has 0 saturated carbocycles. The molecule has 0 aliphatic carbocycles. The van der Waals surface area contributed by atoms with E-state index in [-0.39, 0.29) is 6.04 Å². The Labute approximate surface area is 95.1 Å². The van der Waals surface area contributed by atoms with Gasteiger partial charge in [-0.15, -0.1) is 0 Å². The lowest BCUT2D eigenvalue weighted by atomic mass is 10.1. The van der Waals surface area contributed by atoms with Gasteiger partial charge < -0.3 is 10.6 Å². The van der Waals surface area contributed by atoms with Crippen LogP contribution < -0.4 is 5.73 Å². The van der Waals surface area contributed by atoms with Crippen molar-refractivity contribution in [3.63, 3.8) is 0 Å². The average Bonchev–Trinajstić information content (AvgIpc) is 2.21. The van der Waals surface area contributed by atoms with Crippen LogP contribution >= 0.6 is 0 Å². The van der Waals surface area contributed by atoms with Crippen LogP contribution in [0.15, 0.2) is 18.2 Å². The van der Waals surface area contributed by atoms with E-state index < -0.39 is 11.6 Å². The highest BCUT2D eigenvalue weighted by molar-refractivity contribution is 5.21. The Bertz CT molecular complexity index is 353. The van der Waals surface area contributed by atoms with Crippen LogP contribution in [0.25, 0.3) is 0 Å². The molecule has 0 fully saturated rings. The van der Waals surface area contributed by atoms with E-state index >= 15 is 0 Å². The van der Waals surface area contributed by atoms with Gasteiger partial charge in [0.25, 0.3) is 0 Å². The molecule has 90 valence electrons. The first-order chi connectivity index (χ1) is 7.41. The third kappa shape index (κ3) is 3.25. The summed E-state index contributed by atoms with van der Waals surface area (Å²) in [5.41, 5.74) is 6.54. The number of hydrogen-bond acceptors (Lipinski definition) is 2. The summed E-state index contributed by atoms with van der Waals surface area (Å²) in [6, 6.07) is 3.87. The summed E-state index contributed by atoms with van der Waals surface area (Å²) in [5.74, 6) is -1.69. The molecule has 0 aliphatic heterocycles. The Kier molecular flexibility index (Phi) is 4.38. The summed E-state index contributed by atoms with van der Waals surface area (Å²) >= 11 is 0. The molecule has 1 aromatic carbocycles. The minimum atomic E-state index is -0.847. The van der Waals surface area contributed by atoms with E-state index in [4.69, 9.17) is 5.73 Å². The Balaban J connectivity index is 2.73. The second-order valence-electron chi connectivity index (χ2n) is 4.31. The first-order valence-corrected chi connectivity index (χ1v) is 5.32. The van der Waals surface area contributed by atoms with E-state index in [9.17, 15) is 8.78 Å². The van der Waals surface area contributed by atoms with Crippen LogP contribution in [0.3, 0.4) is 0 Å². The van der Waals surface area contributed by atoms with Crippen molar-refractivity contribution in [2.75, 3.05) is 13.6 Å². The number of halogens is 2. The van der Waals surface area contributed by atoms with E-state index in [0.29, 0.717) is 18.2 Å².